The van der Waals surface area contributed by atoms with Crippen molar-refractivity contribution in [1.82, 2.24) is 9.91 Å². The third-order valence-electron chi connectivity index (χ3n) is 6.99. The number of fused-ring (bicyclic) bond motifs is 1. The first-order valence-corrected chi connectivity index (χ1v) is 11.8. The zero-order chi connectivity index (χ0) is 23.8. The maximum Gasteiger partial charge on any atom is 0.257 e. The molecule has 3 heterocycles. The van der Waals surface area contributed by atoms with E-state index in [2.05, 4.69) is 36.9 Å². The molecular weight excluding hydrogens is 432 g/mol. The number of carbonyl (C=O) groups is 2. The summed E-state index contributed by atoms with van der Waals surface area (Å²) in [6, 6.07) is 11.9. The van der Waals surface area contributed by atoms with Gasteiger partial charge in [-0.05, 0) is 63.0 Å². The molecule has 0 aliphatic carbocycles. The second-order valence-corrected chi connectivity index (χ2v) is 9.39. The quantitative estimate of drug-likeness (QED) is 0.737. The predicted molar refractivity (Wildman–Crippen MR) is 128 cm³/mol. The van der Waals surface area contributed by atoms with Gasteiger partial charge in [-0.1, -0.05) is 29.8 Å². The number of hydrogen-bond acceptors (Lipinski definition) is 6. The molecule has 2 N–H and O–H groups in total. The number of benzene rings is 2. The van der Waals surface area contributed by atoms with Gasteiger partial charge >= 0.3 is 0 Å². The van der Waals surface area contributed by atoms with Crippen molar-refractivity contribution in [1.29, 1.82) is 0 Å². The Bertz CT molecular complexity index is 1150. The molecule has 1 atom stereocenters. The number of primary amides is 1. The number of carbonyl (C=O) groups excluding carboxylic acids is 2. The van der Waals surface area contributed by atoms with Crippen molar-refractivity contribution < 1.29 is 19.1 Å². The second kappa shape index (κ2) is 9.10. The highest BCUT2D eigenvalue weighted by molar-refractivity contribution is 6.04. The monoisotopic (exact) mass is 462 g/mol. The van der Waals surface area contributed by atoms with Gasteiger partial charge in [-0.25, -0.2) is 5.01 Å². The number of hydrogen-bond donors (Lipinski definition) is 1. The number of nitrogens with two attached hydrogens (primary N) is 1. The molecule has 0 unspecified atom stereocenters. The molecule has 2 aromatic carbocycles. The van der Waals surface area contributed by atoms with Gasteiger partial charge in [0.1, 0.15) is 0 Å². The zero-order valence-corrected chi connectivity index (χ0v) is 19.6. The molecule has 1 saturated heterocycles. The van der Waals surface area contributed by atoms with E-state index in [0.717, 1.165) is 22.4 Å². The number of hydrazone groups is 1. The molecule has 8 nitrogen and oxygen atoms in total. The first-order valence-electron chi connectivity index (χ1n) is 11.8. The normalized spacial score (nSPS) is 20.5. The first-order chi connectivity index (χ1) is 16.4. The van der Waals surface area contributed by atoms with Gasteiger partial charge in [0.25, 0.3) is 5.91 Å². The Morgan fingerprint density at radius 2 is 1.82 bits per heavy atom. The minimum Gasteiger partial charge on any atom is -0.454 e. The van der Waals surface area contributed by atoms with E-state index in [1.165, 1.54) is 5.56 Å². The highest BCUT2D eigenvalue weighted by Crippen LogP contribution is 2.39. The number of aryl methyl sites for hydroxylation is 2. The number of piperidine rings is 1. The van der Waals surface area contributed by atoms with Crippen molar-refractivity contribution in [2.75, 3.05) is 26.4 Å². The van der Waals surface area contributed by atoms with E-state index in [-0.39, 0.29) is 37.1 Å². The summed E-state index contributed by atoms with van der Waals surface area (Å²) in [5.74, 6) is 0.996. The highest BCUT2D eigenvalue weighted by Gasteiger charge is 2.35. The predicted octanol–water partition coefficient (Wildman–Crippen LogP) is 2.91. The van der Waals surface area contributed by atoms with E-state index < -0.39 is 0 Å². The molecule has 34 heavy (non-hydrogen) atoms. The van der Waals surface area contributed by atoms with Crippen LogP contribution in [0.25, 0.3) is 0 Å². The summed E-state index contributed by atoms with van der Waals surface area (Å²) in [6.07, 6.45) is 2.00. The summed E-state index contributed by atoms with van der Waals surface area (Å²) in [5.41, 5.74) is 10.7. The van der Waals surface area contributed by atoms with E-state index >= 15 is 0 Å². The van der Waals surface area contributed by atoms with Crippen molar-refractivity contribution in [3.05, 3.63) is 58.7 Å². The standard InChI is InChI=1S/C26H30N4O4/c1-16-3-5-20(17(2)11-16)21-13-22(19-4-6-23-24(12-19)34-15-33-23)30(28-21)25(31)14-29-9-7-18(8-10-29)26(27)32/h3-6,11-12,18,22H,7-10,13-15H2,1-2H3,(H2,27,32)/t22-/m0/s1. The van der Waals surface area contributed by atoms with Crippen LogP contribution in [0.3, 0.4) is 0 Å². The molecule has 0 radical (unpaired) electrons. The lowest BCUT2D eigenvalue weighted by Gasteiger charge is -2.31. The fourth-order valence-corrected chi connectivity index (χ4v) is 5.06. The Kier molecular flexibility index (Phi) is 6.00. The molecular formula is C26H30N4O4. The molecule has 0 spiro atoms. The smallest absolute Gasteiger partial charge is 0.257 e. The molecule has 178 valence electrons. The van der Waals surface area contributed by atoms with Crippen molar-refractivity contribution in [3.8, 4) is 11.5 Å². The lowest BCUT2D eigenvalue weighted by molar-refractivity contribution is -0.134. The summed E-state index contributed by atoms with van der Waals surface area (Å²) >= 11 is 0. The van der Waals surface area contributed by atoms with Gasteiger partial charge < -0.3 is 15.2 Å². The van der Waals surface area contributed by atoms with E-state index in [1.54, 1.807) is 5.01 Å². The van der Waals surface area contributed by atoms with Crippen LogP contribution >= 0.6 is 0 Å². The van der Waals surface area contributed by atoms with Gasteiger partial charge in [0.2, 0.25) is 12.7 Å². The summed E-state index contributed by atoms with van der Waals surface area (Å²) in [7, 11) is 0. The SMILES string of the molecule is Cc1ccc(C2=NN(C(=O)CN3CCC(C(N)=O)CC3)[C@H](c3ccc4c(c3)OCO4)C2)c(C)c1. The van der Waals surface area contributed by atoms with E-state index in [0.29, 0.717) is 43.9 Å². The molecule has 3 aliphatic heterocycles. The summed E-state index contributed by atoms with van der Waals surface area (Å²) in [5, 5.41) is 6.47. The summed E-state index contributed by atoms with van der Waals surface area (Å²) in [4.78, 5) is 27.1. The minimum atomic E-state index is -0.254. The van der Waals surface area contributed by atoms with Gasteiger partial charge in [-0.3, -0.25) is 14.5 Å². The summed E-state index contributed by atoms with van der Waals surface area (Å²) < 4.78 is 11.0. The number of rotatable bonds is 5. The van der Waals surface area contributed by atoms with Crippen LogP contribution in [0.2, 0.25) is 0 Å². The van der Waals surface area contributed by atoms with Gasteiger partial charge in [-0.15, -0.1) is 0 Å². The maximum absolute atomic E-state index is 13.5. The van der Waals surface area contributed by atoms with Crippen LogP contribution < -0.4 is 15.2 Å². The minimum absolute atomic E-state index is 0.0556. The molecule has 0 saturated carbocycles. The first kappa shape index (κ1) is 22.4. The average Bonchev–Trinajstić information content (AvgIpc) is 3.46. The Morgan fingerprint density at radius 3 is 2.56 bits per heavy atom. The Morgan fingerprint density at radius 1 is 1.06 bits per heavy atom. The third-order valence-corrected chi connectivity index (χ3v) is 6.99. The van der Waals surface area contributed by atoms with Gasteiger partial charge in [-0.2, -0.15) is 5.10 Å². The van der Waals surface area contributed by atoms with Crippen LogP contribution in [-0.4, -0.2) is 53.9 Å². The van der Waals surface area contributed by atoms with Crippen LogP contribution in [0.1, 0.15) is 47.6 Å². The second-order valence-electron chi connectivity index (χ2n) is 9.39. The third kappa shape index (κ3) is 4.37. The molecule has 2 amide bonds. The van der Waals surface area contributed by atoms with Gasteiger partial charge in [0.15, 0.2) is 11.5 Å². The fourth-order valence-electron chi connectivity index (χ4n) is 5.06. The lowest BCUT2D eigenvalue weighted by atomic mass is 9.95. The molecule has 0 bridgehead atoms. The fraction of sp³-hybridized carbons (Fsp3) is 0.423. The lowest BCUT2D eigenvalue weighted by Crippen LogP contribution is -2.44. The van der Waals surface area contributed by atoms with Crippen LogP contribution in [0, 0.1) is 19.8 Å². The van der Waals surface area contributed by atoms with Crippen molar-refractivity contribution in [2.45, 2.75) is 39.2 Å². The van der Waals surface area contributed by atoms with E-state index in [4.69, 9.17) is 20.3 Å². The Labute approximate surface area is 199 Å². The van der Waals surface area contributed by atoms with Crippen molar-refractivity contribution in [2.24, 2.45) is 16.8 Å². The van der Waals surface area contributed by atoms with Crippen LogP contribution in [0.15, 0.2) is 41.5 Å². The molecule has 3 aliphatic rings. The summed E-state index contributed by atoms with van der Waals surface area (Å²) in [6.45, 7) is 5.96. The van der Waals surface area contributed by atoms with Crippen LogP contribution in [-0.2, 0) is 9.59 Å². The molecule has 0 aromatic heterocycles. The molecule has 2 aromatic rings. The zero-order valence-electron chi connectivity index (χ0n) is 19.6. The van der Waals surface area contributed by atoms with Crippen LogP contribution in [0.4, 0.5) is 0 Å². The Balaban J connectivity index is 1.40. The van der Waals surface area contributed by atoms with Gasteiger partial charge in [0, 0.05) is 17.9 Å². The van der Waals surface area contributed by atoms with Gasteiger partial charge in [0.05, 0.1) is 18.3 Å². The van der Waals surface area contributed by atoms with Crippen LogP contribution in [0.5, 0.6) is 11.5 Å². The van der Waals surface area contributed by atoms with E-state index in [9.17, 15) is 9.59 Å². The number of nitrogens with zero attached hydrogens (tertiary/aromatic N) is 3. The number of ether oxygens (including phenoxy) is 2. The highest BCUT2D eigenvalue weighted by atomic mass is 16.7. The van der Waals surface area contributed by atoms with Crippen molar-refractivity contribution in [3.63, 3.8) is 0 Å². The molecule has 1 fully saturated rings. The molecule has 5 rings (SSSR count). The molecule has 8 heteroatoms. The van der Waals surface area contributed by atoms with Crippen molar-refractivity contribution >= 4 is 17.5 Å². The maximum atomic E-state index is 13.5. The number of amides is 2. The Hall–Kier alpha value is -3.39. The topological polar surface area (TPSA) is 97.5 Å². The number of likely N-dealkylation sites (tertiary alicyclic amines) is 1. The average molecular weight is 463 g/mol. The largest absolute Gasteiger partial charge is 0.454 e. The van der Waals surface area contributed by atoms with E-state index in [1.807, 2.05) is 18.2 Å².